The number of aliphatic hydroxyl groups is 1. The second-order valence-corrected chi connectivity index (χ2v) is 7.20. The number of morpholine rings is 1. The SMILES string of the molecule is CC(O)C1C(=O)N2C(C(=O)OCc3ccccc3)=C(N3CCOCC3)CC12. The quantitative estimate of drug-likeness (QED) is 0.611. The standard InChI is InChI=1S/C20H24N2O5/c1-13(23)17-15-11-16(21-7-9-26-10-8-21)18(22(15)19(17)24)20(25)27-12-14-5-3-2-4-6-14/h2-6,13,15,17,23H,7-12H2,1H3. The van der Waals surface area contributed by atoms with Crippen LogP contribution in [0, 0.1) is 5.92 Å². The lowest BCUT2D eigenvalue weighted by Gasteiger charge is -2.44. The number of amides is 1. The fourth-order valence-electron chi connectivity index (χ4n) is 4.14. The molecule has 7 nitrogen and oxygen atoms in total. The molecule has 0 aliphatic carbocycles. The predicted molar refractivity (Wildman–Crippen MR) is 96.1 cm³/mol. The van der Waals surface area contributed by atoms with E-state index in [1.54, 1.807) is 6.92 Å². The zero-order chi connectivity index (χ0) is 19.0. The van der Waals surface area contributed by atoms with E-state index in [0.29, 0.717) is 38.4 Å². The number of hydrogen-bond donors (Lipinski definition) is 1. The highest BCUT2D eigenvalue weighted by molar-refractivity contribution is 6.00. The maximum atomic E-state index is 12.9. The normalized spacial score (nSPS) is 25.9. The van der Waals surface area contributed by atoms with E-state index in [-0.39, 0.29) is 18.6 Å². The molecule has 3 heterocycles. The van der Waals surface area contributed by atoms with Gasteiger partial charge < -0.3 is 19.5 Å². The number of ether oxygens (including phenoxy) is 2. The summed E-state index contributed by atoms with van der Waals surface area (Å²) in [6.45, 7) is 4.33. The summed E-state index contributed by atoms with van der Waals surface area (Å²) in [4.78, 5) is 29.1. The Balaban J connectivity index is 1.56. The van der Waals surface area contributed by atoms with E-state index in [9.17, 15) is 14.7 Å². The molecule has 144 valence electrons. The van der Waals surface area contributed by atoms with Gasteiger partial charge in [-0.2, -0.15) is 0 Å². The molecule has 27 heavy (non-hydrogen) atoms. The van der Waals surface area contributed by atoms with Crippen LogP contribution in [0.2, 0.25) is 0 Å². The maximum Gasteiger partial charge on any atom is 0.357 e. The summed E-state index contributed by atoms with van der Waals surface area (Å²) in [6.07, 6.45) is -0.166. The Morgan fingerprint density at radius 1 is 1.30 bits per heavy atom. The Morgan fingerprint density at radius 2 is 2.00 bits per heavy atom. The van der Waals surface area contributed by atoms with Crippen LogP contribution in [0.3, 0.4) is 0 Å². The smallest absolute Gasteiger partial charge is 0.357 e. The Labute approximate surface area is 158 Å². The topological polar surface area (TPSA) is 79.3 Å². The molecule has 3 aliphatic heterocycles. The second-order valence-electron chi connectivity index (χ2n) is 7.20. The number of aliphatic hydroxyl groups excluding tert-OH is 1. The molecular weight excluding hydrogens is 348 g/mol. The Morgan fingerprint density at radius 3 is 2.67 bits per heavy atom. The van der Waals surface area contributed by atoms with Crippen molar-refractivity contribution in [3.8, 4) is 0 Å². The van der Waals surface area contributed by atoms with E-state index in [2.05, 4.69) is 4.90 Å². The third-order valence-electron chi connectivity index (χ3n) is 5.50. The molecule has 1 amide bonds. The van der Waals surface area contributed by atoms with Crippen molar-refractivity contribution in [1.82, 2.24) is 9.80 Å². The van der Waals surface area contributed by atoms with Gasteiger partial charge in [0.05, 0.1) is 31.3 Å². The van der Waals surface area contributed by atoms with Crippen molar-refractivity contribution < 1.29 is 24.2 Å². The first-order valence-corrected chi connectivity index (χ1v) is 9.36. The van der Waals surface area contributed by atoms with E-state index in [1.165, 1.54) is 4.90 Å². The third-order valence-corrected chi connectivity index (χ3v) is 5.50. The molecule has 3 aliphatic rings. The van der Waals surface area contributed by atoms with Crippen LogP contribution in [0.25, 0.3) is 0 Å². The summed E-state index contributed by atoms with van der Waals surface area (Å²) >= 11 is 0. The number of hydrogen-bond acceptors (Lipinski definition) is 6. The van der Waals surface area contributed by atoms with Gasteiger partial charge in [-0.3, -0.25) is 9.69 Å². The highest BCUT2D eigenvalue weighted by Crippen LogP contribution is 2.45. The molecule has 0 radical (unpaired) electrons. The third kappa shape index (κ3) is 3.21. The van der Waals surface area contributed by atoms with Crippen LogP contribution in [0.1, 0.15) is 18.9 Å². The van der Waals surface area contributed by atoms with Crippen LogP contribution in [0.4, 0.5) is 0 Å². The van der Waals surface area contributed by atoms with Crippen LogP contribution in [0.15, 0.2) is 41.7 Å². The zero-order valence-corrected chi connectivity index (χ0v) is 15.3. The van der Waals surface area contributed by atoms with Crippen molar-refractivity contribution in [1.29, 1.82) is 0 Å². The lowest BCUT2D eigenvalue weighted by atomic mass is 9.83. The fourth-order valence-corrected chi connectivity index (χ4v) is 4.14. The van der Waals surface area contributed by atoms with Crippen molar-refractivity contribution in [3.63, 3.8) is 0 Å². The fraction of sp³-hybridized carbons (Fsp3) is 0.500. The van der Waals surface area contributed by atoms with Crippen LogP contribution in [-0.2, 0) is 25.7 Å². The molecule has 2 fully saturated rings. The van der Waals surface area contributed by atoms with Crippen LogP contribution in [0.5, 0.6) is 0 Å². The average molecular weight is 372 g/mol. The molecule has 0 aromatic heterocycles. The van der Waals surface area contributed by atoms with Crippen LogP contribution >= 0.6 is 0 Å². The number of β-lactam (4-membered cyclic amide) rings is 1. The van der Waals surface area contributed by atoms with Gasteiger partial charge in [-0.15, -0.1) is 0 Å². The van der Waals surface area contributed by atoms with Crippen molar-refractivity contribution in [3.05, 3.63) is 47.3 Å². The summed E-state index contributed by atoms with van der Waals surface area (Å²) in [7, 11) is 0. The molecule has 0 spiro atoms. The first-order valence-electron chi connectivity index (χ1n) is 9.36. The van der Waals surface area contributed by atoms with Gasteiger partial charge in [0, 0.05) is 25.2 Å². The molecule has 0 bridgehead atoms. The van der Waals surface area contributed by atoms with E-state index in [4.69, 9.17) is 9.47 Å². The van der Waals surface area contributed by atoms with Gasteiger partial charge in [0.25, 0.3) is 0 Å². The Bertz CT molecular complexity index is 755. The summed E-state index contributed by atoms with van der Waals surface area (Å²) in [5.74, 6) is -1.15. The molecule has 3 atom stereocenters. The van der Waals surface area contributed by atoms with Crippen LogP contribution in [-0.4, -0.2) is 65.2 Å². The molecule has 7 heteroatoms. The number of nitrogens with zero attached hydrogens (tertiary/aromatic N) is 2. The first-order chi connectivity index (χ1) is 13.1. The number of benzene rings is 1. The van der Waals surface area contributed by atoms with E-state index in [0.717, 1.165) is 11.3 Å². The number of carbonyl (C=O) groups is 2. The van der Waals surface area contributed by atoms with Crippen molar-refractivity contribution >= 4 is 11.9 Å². The van der Waals surface area contributed by atoms with Gasteiger partial charge in [0.15, 0.2) is 0 Å². The van der Waals surface area contributed by atoms with Gasteiger partial charge in [-0.25, -0.2) is 4.79 Å². The van der Waals surface area contributed by atoms with Crippen molar-refractivity contribution in [2.24, 2.45) is 5.92 Å². The lowest BCUT2D eigenvalue weighted by molar-refractivity contribution is -0.162. The number of fused-ring (bicyclic) bond motifs is 1. The molecule has 0 saturated carbocycles. The zero-order valence-electron chi connectivity index (χ0n) is 15.3. The largest absolute Gasteiger partial charge is 0.456 e. The molecule has 1 N–H and O–H groups in total. The van der Waals surface area contributed by atoms with E-state index in [1.807, 2.05) is 30.3 Å². The molecule has 3 unspecified atom stereocenters. The molecular formula is C20H24N2O5. The van der Waals surface area contributed by atoms with Gasteiger partial charge in [0.2, 0.25) is 5.91 Å². The van der Waals surface area contributed by atoms with Gasteiger partial charge in [-0.1, -0.05) is 30.3 Å². The summed E-state index contributed by atoms with van der Waals surface area (Å²) in [5.41, 5.74) is 2.06. The highest BCUT2D eigenvalue weighted by atomic mass is 16.5. The minimum Gasteiger partial charge on any atom is -0.456 e. The van der Waals surface area contributed by atoms with Gasteiger partial charge in [0.1, 0.15) is 12.3 Å². The van der Waals surface area contributed by atoms with Crippen molar-refractivity contribution in [2.75, 3.05) is 26.3 Å². The number of esters is 1. The van der Waals surface area contributed by atoms with Gasteiger partial charge in [-0.05, 0) is 12.5 Å². The number of rotatable bonds is 5. The van der Waals surface area contributed by atoms with Crippen LogP contribution < -0.4 is 0 Å². The summed E-state index contributed by atoms with van der Waals surface area (Å²) in [5, 5.41) is 9.95. The maximum absolute atomic E-state index is 12.9. The summed E-state index contributed by atoms with van der Waals surface area (Å²) < 4.78 is 10.9. The second kappa shape index (κ2) is 7.32. The minimum absolute atomic E-state index is 0.159. The van der Waals surface area contributed by atoms with Crippen molar-refractivity contribution in [2.45, 2.75) is 32.1 Å². The minimum atomic E-state index is -0.732. The Kier molecular flexibility index (Phi) is 4.88. The highest BCUT2D eigenvalue weighted by Gasteiger charge is 2.57. The monoisotopic (exact) mass is 372 g/mol. The summed E-state index contributed by atoms with van der Waals surface area (Å²) in [6, 6.07) is 9.29. The molecule has 2 saturated heterocycles. The number of carbonyl (C=O) groups excluding carboxylic acids is 2. The molecule has 4 rings (SSSR count). The Hall–Kier alpha value is -2.38. The predicted octanol–water partition coefficient (Wildman–Crippen LogP) is 0.885. The molecule has 1 aromatic rings. The first kappa shape index (κ1) is 18.0. The molecule has 1 aromatic carbocycles. The lowest BCUT2D eigenvalue weighted by Crippen LogP contribution is -2.61. The van der Waals surface area contributed by atoms with E-state index >= 15 is 0 Å². The average Bonchev–Trinajstić information content (AvgIpc) is 3.02. The van der Waals surface area contributed by atoms with Gasteiger partial charge >= 0.3 is 5.97 Å². The van der Waals surface area contributed by atoms with E-state index < -0.39 is 18.0 Å².